The third-order valence-corrected chi connectivity index (χ3v) is 7.54. The summed E-state index contributed by atoms with van der Waals surface area (Å²) in [6.07, 6.45) is 0.529. The molecule has 1 unspecified atom stereocenters. The molecule has 2 N–H and O–H groups in total. The molecule has 1 aliphatic heterocycles. The molecule has 0 aromatic heterocycles. The van der Waals surface area contributed by atoms with Crippen LogP contribution >= 0.6 is 11.8 Å². The predicted molar refractivity (Wildman–Crippen MR) is 111 cm³/mol. The number of carbonyl (C=O) groups is 2. The standard InChI is InChI=1S/C20H22N2O4S2/c1-3-17-20(24)22-16-8-7-15(12-18(16)27-17)28(25,26)10-9-19(23)21-14-6-4-5-13(2)11-14/h4-8,11-12,17H,3,9-10H2,1-2H3,(H,21,23)(H,22,24). The molecule has 2 aromatic carbocycles. The highest BCUT2D eigenvalue weighted by atomic mass is 32.2. The molecule has 2 amide bonds. The molecule has 0 saturated heterocycles. The molecule has 8 heteroatoms. The third kappa shape index (κ3) is 4.74. The van der Waals surface area contributed by atoms with E-state index in [1.807, 2.05) is 32.0 Å². The number of carbonyl (C=O) groups excluding carboxylic acids is 2. The molecule has 6 nitrogen and oxygen atoms in total. The SMILES string of the molecule is CCC1Sc2cc(S(=O)(=O)CCC(=O)Nc3cccc(C)c3)ccc2NC1=O. The molecular formula is C20H22N2O4S2. The molecule has 0 fully saturated rings. The second kappa shape index (κ2) is 8.36. The van der Waals surface area contributed by atoms with Crippen LogP contribution in [0.25, 0.3) is 0 Å². The van der Waals surface area contributed by atoms with Gasteiger partial charge in [-0.2, -0.15) is 0 Å². The molecule has 2 aromatic rings. The lowest BCUT2D eigenvalue weighted by Crippen LogP contribution is -2.28. The molecule has 0 aliphatic carbocycles. The highest BCUT2D eigenvalue weighted by Crippen LogP contribution is 2.38. The van der Waals surface area contributed by atoms with Crippen molar-refractivity contribution >= 4 is 44.8 Å². The first-order valence-electron chi connectivity index (χ1n) is 8.99. The lowest BCUT2D eigenvalue weighted by atomic mass is 10.2. The predicted octanol–water partition coefficient (Wildman–Crippen LogP) is 3.62. The topological polar surface area (TPSA) is 92.3 Å². The second-order valence-corrected chi connectivity index (χ2v) is 10.0. The van der Waals surface area contributed by atoms with Gasteiger partial charge < -0.3 is 10.6 Å². The molecule has 0 saturated carbocycles. The highest BCUT2D eigenvalue weighted by Gasteiger charge is 2.27. The van der Waals surface area contributed by atoms with Crippen LogP contribution in [0.3, 0.4) is 0 Å². The summed E-state index contributed by atoms with van der Waals surface area (Å²) in [5.41, 5.74) is 2.28. The Labute approximate surface area is 169 Å². The van der Waals surface area contributed by atoms with Gasteiger partial charge >= 0.3 is 0 Å². The minimum atomic E-state index is -3.61. The Balaban J connectivity index is 1.68. The van der Waals surface area contributed by atoms with Crippen molar-refractivity contribution in [1.29, 1.82) is 0 Å². The van der Waals surface area contributed by atoms with E-state index in [0.717, 1.165) is 10.5 Å². The van der Waals surface area contributed by atoms with Crippen molar-refractivity contribution in [2.45, 2.75) is 41.7 Å². The summed E-state index contributed by atoms with van der Waals surface area (Å²) in [4.78, 5) is 24.9. The lowest BCUT2D eigenvalue weighted by molar-refractivity contribution is -0.116. The molecule has 0 radical (unpaired) electrons. The van der Waals surface area contributed by atoms with E-state index in [4.69, 9.17) is 0 Å². The Kier molecular flexibility index (Phi) is 6.10. The maximum absolute atomic E-state index is 12.7. The van der Waals surface area contributed by atoms with E-state index in [1.165, 1.54) is 17.8 Å². The first-order valence-corrected chi connectivity index (χ1v) is 11.5. The molecule has 148 valence electrons. The Morgan fingerprint density at radius 1 is 1.21 bits per heavy atom. The number of anilines is 2. The zero-order valence-electron chi connectivity index (χ0n) is 15.7. The molecule has 1 aliphatic rings. The Bertz CT molecular complexity index is 1020. The van der Waals surface area contributed by atoms with E-state index in [1.54, 1.807) is 18.2 Å². The van der Waals surface area contributed by atoms with E-state index in [0.29, 0.717) is 17.8 Å². The van der Waals surface area contributed by atoms with Gasteiger partial charge in [-0.3, -0.25) is 9.59 Å². The number of sulfone groups is 1. The van der Waals surface area contributed by atoms with Crippen molar-refractivity contribution in [3.05, 3.63) is 48.0 Å². The van der Waals surface area contributed by atoms with Gasteiger partial charge in [0.2, 0.25) is 11.8 Å². The zero-order chi connectivity index (χ0) is 20.3. The summed E-state index contributed by atoms with van der Waals surface area (Å²) in [7, 11) is -3.61. The van der Waals surface area contributed by atoms with Gasteiger partial charge in [-0.25, -0.2) is 8.42 Å². The molecule has 1 heterocycles. The first-order chi connectivity index (χ1) is 13.3. The van der Waals surface area contributed by atoms with Gasteiger partial charge in [0.15, 0.2) is 9.84 Å². The van der Waals surface area contributed by atoms with Crippen LogP contribution in [0, 0.1) is 6.92 Å². The minimum absolute atomic E-state index is 0.0663. The Morgan fingerprint density at radius 2 is 2.00 bits per heavy atom. The molecule has 28 heavy (non-hydrogen) atoms. The number of hydrogen-bond acceptors (Lipinski definition) is 5. The fraction of sp³-hybridized carbons (Fsp3) is 0.300. The van der Waals surface area contributed by atoms with Crippen molar-refractivity contribution in [3.63, 3.8) is 0 Å². The average Bonchev–Trinajstić information content (AvgIpc) is 2.65. The maximum atomic E-state index is 12.7. The van der Waals surface area contributed by atoms with Gasteiger partial charge in [0, 0.05) is 17.0 Å². The van der Waals surface area contributed by atoms with Crippen molar-refractivity contribution in [2.75, 3.05) is 16.4 Å². The number of amides is 2. The van der Waals surface area contributed by atoms with E-state index in [2.05, 4.69) is 10.6 Å². The van der Waals surface area contributed by atoms with Crippen LogP contribution in [0.4, 0.5) is 11.4 Å². The van der Waals surface area contributed by atoms with Crippen LogP contribution in [0.2, 0.25) is 0 Å². The van der Waals surface area contributed by atoms with Crippen LogP contribution in [-0.2, 0) is 19.4 Å². The van der Waals surface area contributed by atoms with E-state index in [-0.39, 0.29) is 34.1 Å². The number of hydrogen-bond donors (Lipinski definition) is 2. The molecular weight excluding hydrogens is 396 g/mol. The number of nitrogens with one attached hydrogen (secondary N) is 2. The van der Waals surface area contributed by atoms with Crippen LogP contribution in [0.5, 0.6) is 0 Å². The largest absolute Gasteiger partial charge is 0.326 e. The fourth-order valence-corrected chi connectivity index (χ4v) is 5.29. The third-order valence-electron chi connectivity index (χ3n) is 4.40. The number of rotatable bonds is 6. The van der Waals surface area contributed by atoms with Gasteiger partial charge in [0.1, 0.15) is 0 Å². The van der Waals surface area contributed by atoms with Gasteiger partial charge in [0.25, 0.3) is 0 Å². The average molecular weight is 419 g/mol. The molecule has 0 bridgehead atoms. The fourth-order valence-electron chi connectivity index (χ4n) is 2.88. The normalized spacial score (nSPS) is 16.2. The van der Waals surface area contributed by atoms with E-state index < -0.39 is 9.84 Å². The summed E-state index contributed by atoms with van der Waals surface area (Å²) >= 11 is 1.37. The quantitative estimate of drug-likeness (QED) is 0.747. The van der Waals surface area contributed by atoms with Crippen LogP contribution < -0.4 is 10.6 Å². The summed E-state index contributed by atoms with van der Waals surface area (Å²) in [6, 6.07) is 12.0. The summed E-state index contributed by atoms with van der Waals surface area (Å²) < 4.78 is 25.3. The minimum Gasteiger partial charge on any atom is -0.326 e. The zero-order valence-corrected chi connectivity index (χ0v) is 17.3. The molecule has 3 rings (SSSR count). The van der Waals surface area contributed by atoms with Crippen molar-refractivity contribution in [3.8, 4) is 0 Å². The van der Waals surface area contributed by atoms with Crippen molar-refractivity contribution < 1.29 is 18.0 Å². The van der Waals surface area contributed by atoms with Crippen molar-refractivity contribution in [2.24, 2.45) is 0 Å². The first kappa shape index (κ1) is 20.4. The van der Waals surface area contributed by atoms with Crippen LogP contribution in [-0.4, -0.2) is 31.2 Å². The van der Waals surface area contributed by atoms with Crippen molar-refractivity contribution in [1.82, 2.24) is 0 Å². The van der Waals surface area contributed by atoms with Gasteiger partial charge in [-0.1, -0.05) is 19.1 Å². The lowest BCUT2D eigenvalue weighted by Gasteiger charge is -2.23. The van der Waals surface area contributed by atoms with Gasteiger partial charge in [0.05, 0.1) is 21.6 Å². The molecule has 1 atom stereocenters. The van der Waals surface area contributed by atoms with Crippen LogP contribution in [0.15, 0.2) is 52.3 Å². The van der Waals surface area contributed by atoms with Gasteiger partial charge in [-0.05, 0) is 49.2 Å². The number of fused-ring (bicyclic) bond motifs is 1. The number of benzene rings is 2. The number of aryl methyl sites for hydroxylation is 1. The van der Waals surface area contributed by atoms with E-state index in [9.17, 15) is 18.0 Å². The Hall–Kier alpha value is -2.32. The second-order valence-electron chi connectivity index (χ2n) is 6.65. The van der Waals surface area contributed by atoms with Crippen LogP contribution in [0.1, 0.15) is 25.3 Å². The summed E-state index contributed by atoms with van der Waals surface area (Å²) in [6.45, 7) is 3.83. The highest BCUT2D eigenvalue weighted by molar-refractivity contribution is 8.01. The summed E-state index contributed by atoms with van der Waals surface area (Å²) in [5, 5.41) is 5.29. The number of thioether (sulfide) groups is 1. The molecule has 0 spiro atoms. The smallest absolute Gasteiger partial charge is 0.237 e. The monoisotopic (exact) mass is 418 g/mol. The van der Waals surface area contributed by atoms with E-state index >= 15 is 0 Å². The maximum Gasteiger partial charge on any atom is 0.237 e. The van der Waals surface area contributed by atoms with Gasteiger partial charge in [-0.15, -0.1) is 11.8 Å². The Morgan fingerprint density at radius 3 is 2.71 bits per heavy atom. The summed E-state index contributed by atoms with van der Waals surface area (Å²) in [5.74, 6) is -0.694.